The number of aryl methyl sites for hydroxylation is 1. The van der Waals surface area contributed by atoms with Gasteiger partial charge in [-0.2, -0.15) is 0 Å². The molecule has 0 aromatic carbocycles. The van der Waals surface area contributed by atoms with Gasteiger partial charge in [0.05, 0.1) is 4.90 Å². The van der Waals surface area contributed by atoms with Crippen LogP contribution in [0.5, 0.6) is 0 Å². The highest BCUT2D eigenvalue weighted by atomic mass is 79.9. The predicted molar refractivity (Wildman–Crippen MR) is 49.7 cm³/mol. The van der Waals surface area contributed by atoms with E-state index in [9.17, 15) is 8.42 Å². The lowest BCUT2D eigenvalue weighted by atomic mass is 10.3. The molecule has 1 aromatic rings. The van der Waals surface area contributed by atoms with Gasteiger partial charge in [0.25, 0.3) is 9.05 Å². The molecule has 0 saturated carbocycles. The number of halogens is 2. The molecule has 0 radical (unpaired) electrons. The van der Waals surface area contributed by atoms with Crippen LogP contribution in [0, 0.1) is 6.92 Å². The van der Waals surface area contributed by atoms with Crippen molar-refractivity contribution in [3.05, 3.63) is 22.4 Å². The zero-order chi connectivity index (χ0) is 9.35. The fourth-order valence-electron chi connectivity index (χ4n) is 0.744. The Hall–Kier alpha value is -0.130. The molecule has 1 aromatic heterocycles. The summed E-state index contributed by atoms with van der Waals surface area (Å²) in [6.07, 6.45) is 1.44. The van der Waals surface area contributed by atoms with Crippen LogP contribution in [0.4, 0.5) is 0 Å². The van der Waals surface area contributed by atoms with Crippen LogP contribution in [-0.4, -0.2) is 13.4 Å². The molecule has 0 atom stereocenters. The molecular weight excluding hydrogens is 265 g/mol. The Morgan fingerprint density at radius 1 is 1.58 bits per heavy atom. The van der Waals surface area contributed by atoms with Crippen LogP contribution in [0.25, 0.3) is 0 Å². The van der Waals surface area contributed by atoms with E-state index in [1.54, 1.807) is 6.92 Å². The van der Waals surface area contributed by atoms with E-state index in [4.69, 9.17) is 10.7 Å². The molecule has 3 nitrogen and oxygen atoms in total. The minimum Gasteiger partial charge on any atom is -0.249 e. The van der Waals surface area contributed by atoms with Gasteiger partial charge in [-0.15, -0.1) is 0 Å². The lowest BCUT2D eigenvalue weighted by molar-refractivity contribution is 0.609. The molecular formula is C6H5BrClNO2S. The SMILES string of the molecule is Cc1cnc(Br)cc1S(=O)(=O)Cl. The first kappa shape index (κ1) is 9.95. The van der Waals surface area contributed by atoms with Crippen molar-refractivity contribution in [3.63, 3.8) is 0 Å². The molecule has 6 heteroatoms. The molecule has 0 amide bonds. The first-order valence-corrected chi connectivity index (χ1v) is 6.08. The zero-order valence-corrected chi connectivity index (χ0v) is 9.24. The number of pyridine rings is 1. The second-order valence-electron chi connectivity index (χ2n) is 2.21. The first-order chi connectivity index (χ1) is 5.41. The van der Waals surface area contributed by atoms with Crippen LogP contribution < -0.4 is 0 Å². The van der Waals surface area contributed by atoms with Gasteiger partial charge >= 0.3 is 0 Å². The van der Waals surface area contributed by atoms with E-state index in [0.29, 0.717) is 10.2 Å². The third kappa shape index (κ3) is 2.18. The number of hydrogen-bond donors (Lipinski definition) is 0. The minimum absolute atomic E-state index is 0.0889. The lowest BCUT2D eigenvalue weighted by Crippen LogP contribution is -1.95. The van der Waals surface area contributed by atoms with Crippen molar-refractivity contribution in [1.82, 2.24) is 4.98 Å². The molecule has 0 aliphatic carbocycles. The van der Waals surface area contributed by atoms with Crippen LogP contribution in [0.2, 0.25) is 0 Å². The van der Waals surface area contributed by atoms with Gasteiger partial charge < -0.3 is 0 Å². The van der Waals surface area contributed by atoms with Crippen molar-refractivity contribution >= 4 is 35.7 Å². The summed E-state index contributed by atoms with van der Waals surface area (Å²) in [5, 5.41) is 0. The fraction of sp³-hybridized carbons (Fsp3) is 0.167. The minimum atomic E-state index is -3.65. The highest BCUT2D eigenvalue weighted by molar-refractivity contribution is 9.10. The molecule has 1 heterocycles. The van der Waals surface area contributed by atoms with Crippen LogP contribution in [0.15, 0.2) is 21.8 Å². The summed E-state index contributed by atoms with van der Waals surface area (Å²) in [6.45, 7) is 1.63. The average Bonchev–Trinajstić information content (AvgIpc) is 1.92. The molecule has 0 aliphatic heterocycles. The summed E-state index contributed by atoms with van der Waals surface area (Å²) < 4.78 is 22.3. The van der Waals surface area contributed by atoms with Crippen LogP contribution in [0.1, 0.15) is 5.56 Å². The number of rotatable bonds is 1. The Kier molecular flexibility index (Phi) is 2.75. The number of aromatic nitrogens is 1. The van der Waals surface area contributed by atoms with Crippen molar-refractivity contribution in [2.75, 3.05) is 0 Å². The van der Waals surface area contributed by atoms with Crippen LogP contribution in [0.3, 0.4) is 0 Å². The quantitative estimate of drug-likeness (QED) is 0.580. The summed E-state index contributed by atoms with van der Waals surface area (Å²) in [5.74, 6) is 0. The molecule has 0 unspecified atom stereocenters. The molecule has 0 bridgehead atoms. The maximum absolute atomic E-state index is 10.9. The van der Waals surface area contributed by atoms with Gasteiger partial charge in [0.1, 0.15) is 4.60 Å². The van der Waals surface area contributed by atoms with Gasteiger partial charge in [-0.05, 0) is 34.5 Å². The molecule has 0 fully saturated rings. The summed E-state index contributed by atoms with van der Waals surface area (Å²) in [4.78, 5) is 3.94. The molecule has 12 heavy (non-hydrogen) atoms. The Morgan fingerprint density at radius 3 is 2.58 bits per heavy atom. The normalized spacial score (nSPS) is 11.6. The Morgan fingerprint density at radius 2 is 2.17 bits per heavy atom. The molecule has 66 valence electrons. The average molecular weight is 271 g/mol. The van der Waals surface area contributed by atoms with E-state index < -0.39 is 9.05 Å². The molecule has 0 saturated heterocycles. The number of nitrogens with zero attached hydrogens (tertiary/aromatic N) is 1. The second kappa shape index (κ2) is 3.32. The van der Waals surface area contributed by atoms with Crippen LogP contribution in [-0.2, 0) is 9.05 Å². The van der Waals surface area contributed by atoms with E-state index in [1.165, 1.54) is 12.3 Å². The molecule has 0 spiro atoms. The lowest BCUT2D eigenvalue weighted by Gasteiger charge is -2.00. The predicted octanol–water partition coefficient (Wildman–Crippen LogP) is 2.08. The van der Waals surface area contributed by atoms with E-state index in [0.717, 1.165) is 0 Å². The van der Waals surface area contributed by atoms with Gasteiger partial charge in [0.15, 0.2) is 0 Å². The Labute approximate surface area is 83.3 Å². The Balaban J connectivity index is 3.43. The van der Waals surface area contributed by atoms with Crippen molar-refractivity contribution < 1.29 is 8.42 Å². The third-order valence-corrected chi connectivity index (χ3v) is 3.18. The maximum Gasteiger partial charge on any atom is 0.261 e. The van der Waals surface area contributed by atoms with Crippen molar-refractivity contribution in [1.29, 1.82) is 0 Å². The molecule has 0 N–H and O–H groups in total. The Bertz CT molecular complexity index is 404. The monoisotopic (exact) mass is 269 g/mol. The maximum atomic E-state index is 10.9. The summed E-state index contributed by atoms with van der Waals surface area (Å²) >= 11 is 3.05. The van der Waals surface area contributed by atoms with Crippen molar-refractivity contribution in [3.8, 4) is 0 Å². The topological polar surface area (TPSA) is 47.0 Å². The summed E-state index contributed by atoms with van der Waals surface area (Å²) in [7, 11) is 1.51. The number of hydrogen-bond acceptors (Lipinski definition) is 3. The highest BCUT2D eigenvalue weighted by Crippen LogP contribution is 2.21. The standard InChI is InChI=1S/C6H5BrClNO2S/c1-4-3-9-6(7)2-5(4)12(8,10)11/h2-3H,1H3. The van der Waals surface area contributed by atoms with E-state index in [2.05, 4.69) is 20.9 Å². The second-order valence-corrected chi connectivity index (χ2v) is 5.56. The van der Waals surface area contributed by atoms with E-state index >= 15 is 0 Å². The molecule has 1 rings (SSSR count). The van der Waals surface area contributed by atoms with E-state index in [1.807, 2.05) is 0 Å². The third-order valence-electron chi connectivity index (χ3n) is 1.28. The van der Waals surface area contributed by atoms with Crippen LogP contribution >= 0.6 is 26.6 Å². The van der Waals surface area contributed by atoms with Gasteiger partial charge in [-0.25, -0.2) is 13.4 Å². The van der Waals surface area contributed by atoms with Gasteiger partial charge in [-0.3, -0.25) is 0 Å². The fourth-order valence-corrected chi connectivity index (χ4v) is 2.42. The van der Waals surface area contributed by atoms with E-state index in [-0.39, 0.29) is 4.90 Å². The smallest absolute Gasteiger partial charge is 0.249 e. The molecule has 0 aliphatic rings. The summed E-state index contributed by atoms with van der Waals surface area (Å²) in [5.41, 5.74) is 0.535. The first-order valence-electron chi connectivity index (χ1n) is 2.98. The van der Waals surface area contributed by atoms with Crippen molar-refractivity contribution in [2.45, 2.75) is 11.8 Å². The largest absolute Gasteiger partial charge is 0.261 e. The van der Waals surface area contributed by atoms with Gasteiger partial charge in [-0.1, -0.05) is 0 Å². The zero-order valence-electron chi connectivity index (χ0n) is 6.08. The van der Waals surface area contributed by atoms with Gasteiger partial charge in [0.2, 0.25) is 0 Å². The van der Waals surface area contributed by atoms with Crippen molar-refractivity contribution in [2.24, 2.45) is 0 Å². The van der Waals surface area contributed by atoms with Gasteiger partial charge in [0, 0.05) is 16.9 Å². The summed E-state index contributed by atoms with van der Waals surface area (Å²) in [6, 6.07) is 1.37. The highest BCUT2D eigenvalue weighted by Gasteiger charge is 2.13.